The predicted octanol–water partition coefficient (Wildman–Crippen LogP) is 5.45. The maximum absolute atomic E-state index is 14.0. The monoisotopic (exact) mass is 607 g/mol. The maximum atomic E-state index is 14.0. The largest absolute Gasteiger partial charge is 0.350 e. The molecule has 3 aromatic carbocycles. The number of sulfonamides is 1. The van der Waals surface area contributed by atoms with Crippen molar-refractivity contribution >= 4 is 50.7 Å². The summed E-state index contributed by atoms with van der Waals surface area (Å²) in [5.74, 6) is -1.61. The molecule has 0 heterocycles. The van der Waals surface area contributed by atoms with Crippen molar-refractivity contribution in [1.29, 1.82) is 0 Å². The smallest absolute Gasteiger partial charge is 0.244 e. The van der Waals surface area contributed by atoms with Crippen LogP contribution in [0.3, 0.4) is 0 Å². The summed E-state index contributed by atoms with van der Waals surface area (Å²) >= 11 is 12.5. The van der Waals surface area contributed by atoms with E-state index in [1.165, 1.54) is 23.1 Å². The van der Waals surface area contributed by atoms with Gasteiger partial charge in [0.2, 0.25) is 21.8 Å². The number of benzene rings is 3. The average Bonchev–Trinajstić information content (AvgIpc) is 2.85. The van der Waals surface area contributed by atoms with Crippen LogP contribution in [0.4, 0.5) is 10.1 Å². The summed E-state index contributed by atoms with van der Waals surface area (Å²) in [7, 11) is -3.96. The summed E-state index contributed by atoms with van der Waals surface area (Å²) in [5, 5.41) is 3.64. The fourth-order valence-electron chi connectivity index (χ4n) is 4.06. The Balaban J connectivity index is 2.09. The standard InChI is InChI=1S/C29H32Cl2FN3O4S/c1-29(2,3)33-28(37)26(16-20-8-6-5-7-9-20)34(18-21-10-11-22(30)17-25(21)31)27(36)19-35(40(4,38)39)24-14-12-23(32)13-15-24/h5-15,17,26H,16,18-19H2,1-4H3,(H,33,37)/t26-/m1/s1. The van der Waals surface area contributed by atoms with Crippen molar-refractivity contribution in [3.63, 3.8) is 0 Å². The molecule has 3 aromatic rings. The van der Waals surface area contributed by atoms with E-state index in [-0.39, 0.29) is 18.7 Å². The molecule has 1 N–H and O–H groups in total. The first-order chi connectivity index (χ1) is 18.6. The van der Waals surface area contributed by atoms with Crippen molar-refractivity contribution < 1.29 is 22.4 Å². The first-order valence-electron chi connectivity index (χ1n) is 12.5. The van der Waals surface area contributed by atoms with Gasteiger partial charge in [0.25, 0.3) is 0 Å². The number of amides is 2. The molecule has 0 radical (unpaired) electrons. The maximum Gasteiger partial charge on any atom is 0.244 e. The van der Waals surface area contributed by atoms with Gasteiger partial charge in [0.05, 0.1) is 11.9 Å². The molecule has 0 aromatic heterocycles. The topological polar surface area (TPSA) is 86.8 Å². The number of nitrogens with one attached hydrogen (secondary N) is 1. The highest BCUT2D eigenvalue weighted by Crippen LogP contribution is 2.25. The van der Waals surface area contributed by atoms with Crippen molar-refractivity contribution in [1.82, 2.24) is 10.2 Å². The van der Waals surface area contributed by atoms with Gasteiger partial charge in [0.1, 0.15) is 18.4 Å². The third kappa shape index (κ3) is 8.94. The third-order valence-electron chi connectivity index (χ3n) is 5.92. The molecule has 0 spiro atoms. The number of rotatable bonds is 10. The summed E-state index contributed by atoms with van der Waals surface area (Å²) in [6.45, 7) is 4.76. The second-order valence-corrected chi connectivity index (χ2v) is 13.2. The van der Waals surface area contributed by atoms with Crippen LogP contribution in [0.15, 0.2) is 72.8 Å². The molecule has 0 aliphatic rings. The molecule has 0 saturated carbocycles. The Labute approximate surface area is 244 Å². The minimum Gasteiger partial charge on any atom is -0.350 e. The van der Waals surface area contributed by atoms with Gasteiger partial charge in [0.15, 0.2) is 0 Å². The molecule has 214 valence electrons. The van der Waals surface area contributed by atoms with E-state index in [9.17, 15) is 22.4 Å². The lowest BCUT2D eigenvalue weighted by atomic mass is 10.0. The SMILES string of the molecule is CC(C)(C)NC(=O)[C@@H](Cc1ccccc1)N(Cc1ccc(Cl)cc1Cl)C(=O)CN(c1ccc(F)cc1)S(C)(=O)=O. The lowest BCUT2D eigenvalue weighted by molar-refractivity contribution is -0.140. The quantitative estimate of drug-likeness (QED) is 0.332. The number of hydrogen-bond donors (Lipinski definition) is 1. The summed E-state index contributed by atoms with van der Waals surface area (Å²) < 4.78 is 40.0. The minimum absolute atomic E-state index is 0.0923. The molecule has 0 bridgehead atoms. The van der Waals surface area contributed by atoms with E-state index in [1.54, 1.807) is 12.1 Å². The van der Waals surface area contributed by atoms with Crippen LogP contribution in [-0.4, -0.2) is 49.5 Å². The normalized spacial score (nSPS) is 12.5. The molecule has 11 heteroatoms. The summed E-state index contributed by atoms with van der Waals surface area (Å²) in [5.41, 5.74) is 0.829. The van der Waals surface area contributed by atoms with Gasteiger partial charge in [-0.1, -0.05) is 59.6 Å². The zero-order valence-electron chi connectivity index (χ0n) is 22.7. The van der Waals surface area contributed by atoms with Crippen molar-refractivity contribution in [3.8, 4) is 0 Å². The van der Waals surface area contributed by atoms with Crippen molar-refractivity contribution in [2.75, 3.05) is 17.1 Å². The average molecular weight is 609 g/mol. The summed E-state index contributed by atoms with van der Waals surface area (Å²) in [6, 6.07) is 17.7. The lowest BCUT2D eigenvalue weighted by Crippen LogP contribution is -2.56. The third-order valence-corrected chi connectivity index (χ3v) is 7.65. The number of carbonyl (C=O) groups excluding carboxylic acids is 2. The molecule has 0 fully saturated rings. The van der Waals surface area contributed by atoms with Crippen LogP contribution in [0.2, 0.25) is 10.0 Å². The Bertz CT molecular complexity index is 1450. The Hall–Kier alpha value is -3.14. The number of hydrogen-bond acceptors (Lipinski definition) is 4. The van der Waals surface area contributed by atoms with Gasteiger partial charge >= 0.3 is 0 Å². The molecular weight excluding hydrogens is 576 g/mol. The number of carbonyl (C=O) groups is 2. The molecule has 0 aliphatic heterocycles. The van der Waals surface area contributed by atoms with E-state index >= 15 is 0 Å². The van der Waals surface area contributed by atoms with Crippen LogP contribution in [0.1, 0.15) is 31.9 Å². The van der Waals surface area contributed by atoms with E-state index in [1.807, 2.05) is 51.1 Å². The van der Waals surface area contributed by atoms with Crippen molar-refractivity contribution in [2.24, 2.45) is 0 Å². The first-order valence-corrected chi connectivity index (χ1v) is 15.1. The number of anilines is 1. The summed E-state index contributed by atoms with van der Waals surface area (Å²) in [4.78, 5) is 29.0. The Morgan fingerprint density at radius 1 is 0.975 bits per heavy atom. The Kier molecular flexibility index (Phi) is 10.2. The highest BCUT2D eigenvalue weighted by Gasteiger charge is 2.34. The van der Waals surface area contributed by atoms with Crippen LogP contribution in [-0.2, 0) is 32.6 Å². The van der Waals surface area contributed by atoms with E-state index in [0.717, 1.165) is 28.3 Å². The zero-order chi connectivity index (χ0) is 29.7. The van der Waals surface area contributed by atoms with E-state index < -0.39 is 45.8 Å². The second kappa shape index (κ2) is 13.0. The first kappa shape index (κ1) is 31.4. The van der Waals surface area contributed by atoms with Gasteiger partial charge in [-0.15, -0.1) is 0 Å². The highest BCUT2D eigenvalue weighted by molar-refractivity contribution is 7.92. The van der Waals surface area contributed by atoms with Crippen LogP contribution in [0.5, 0.6) is 0 Å². The molecule has 0 aliphatic carbocycles. The predicted molar refractivity (Wildman–Crippen MR) is 157 cm³/mol. The highest BCUT2D eigenvalue weighted by atomic mass is 35.5. The van der Waals surface area contributed by atoms with Crippen LogP contribution < -0.4 is 9.62 Å². The Morgan fingerprint density at radius 2 is 1.60 bits per heavy atom. The van der Waals surface area contributed by atoms with Gasteiger partial charge in [-0.05, 0) is 68.3 Å². The molecule has 0 unspecified atom stereocenters. The van der Waals surface area contributed by atoms with Crippen LogP contribution >= 0.6 is 23.2 Å². The van der Waals surface area contributed by atoms with E-state index in [4.69, 9.17) is 23.2 Å². The molecule has 2 amide bonds. The Morgan fingerprint density at radius 3 is 2.15 bits per heavy atom. The molecule has 40 heavy (non-hydrogen) atoms. The molecule has 3 rings (SSSR count). The van der Waals surface area contributed by atoms with Crippen LogP contribution in [0, 0.1) is 5.82 Å². The molecule has 1 atom stereocenters. The van der Waals surface area contributed by atoms with Gasteiger partial charge in [-0.3, -0.25) is 13.9 Å². The number of nitrogens with zero attached hydrogens (tertiary/aromatic N) is 2. The summed E-state index contributed by atoms with van der Waals surface area (Å²) in [6.07, 6.45) is 1.12. The number of halogens is 3. The second-order valence-electron chi connectivity index (χ2n) is 10.4. The van der Waals surface area contributed by atoms with Crippen LogP contribution in [0.25, 0.3) is 0 Å². The van der Waals surface area contributed by atoms with Gasteiger partial charge in [0, 0.05) is 28.5 Å². The molecule has 0 saturated heterocycles. The lowest BCUT2D eigenvalue weighted by Gasteiger charge is -2.35. The van der Waals surface area contributed by atoms with Crippen molar-refractivity contribution in [3.05, 3.63) is 99.8 Å². The van der Waals surface area contributed by atoms with E-state index in [2.05, 4.69) is 5.32 Å². The van der Waals surface area contributed by atoms with E-state index in [0.29, 0.717) is 15.6 Å². The fraction of sp³-hybridized carbons (Fsp3) is 0.310. The minimum atomic E-state index is -3.96. The van der Waals surface area contributed by atoms with Crippen molar-refractivity contribution in [2.45, 2.75) is 45.3 Å². The fourth-order valence-corrected chi connectivity index (χ4v) is 5.38. The zero-order valence-corrected chi connectivity index (χ0v) is 25.0. The molecule has 7 nitrogen and oxygen atoms in total. The van der Waals surface area contributed by atoms with Gasteiger partial charge in [-0.2, -0.15) is 0 Å². The molecular formula is C29H32Cl2FN3O4S. The van der Waals surface area contributed by atoms with Gasteiger partial charge in [-0.25, -0.2) is 12.8 Å². The van der Waals surface area contributed by atoms with Gasteiger partial charge < -0.3 is 10.2 Å².